The van der Waals surface area contributed by atoms with Crippen LogP contribution < -0.4 is 0 Å². The molecule has 0 bridgehead atoms. The van der Waals surface area contributed by atoms with Gasteiger partial charge in [0.15, 0.2) is 5.82 Å². The minimum Gasteiger partial charge on any atom is -0.368 e. The number of nitrogens with zero attached hydrogens (tertiary/aromatic N) is 6. The van der Waals surface area contributed by atoms with E-state index in [1.165, 1.54) is 11.3 Å². The number of rotatable bonds is 4. The molecule has 4 heterocycles. The van der Waals surface area contributed by atoms with Crippen molar-refractivity contribution in [2.75, 3.05) is 19.7 Å². The second kappa shape index (κ2) is 6.33. The van der Waals surface area contributed by atoms with Crippen LogP contribution in [0.5, 0.6) is 0 Å². The maximum Gasteiger partial charge on any atom is 0.163 e. The fraction of sp³-hybridized carbons (Fsp3) is 0.471. The molecule has 1 fully saturated rings. The van der Waals surface area contributed by atoms with Gasteiger partial charge in [0, 0.05) is 32.4 Å². The monoisotopic (exact) mass is 326 g/mol. The number of morpholine rings is 1. The molecule has 7 nitrogen and oxygen atoms in total. The lowest BCUT2D eigenvalue weighted by Gasteiger charge is -2.32. The Hall–Kier alpha value is -2.25. The smallest absolute Gasteiger partial charge is 0.163 e. The van der Waals surface area contributed by atoms with Gasteiger partial charge in [0.25, 0.3) is 0 Å². The quantitative estimate of drug-likeness (QED) is 0.732. The number of pyridine rings is 1. The summed E-state index contributed by atoms with van der Waals surface area (Å²) in [5.41, 5.74) is 3.43. The van der Waals surface area contributed by atoms with Crippen molar-refractivity contribution in [1.29, 1.82) is 0 Å². The van der Waals surface area contributed by atoms with Gasteiger partial charge in [0.1, 0.15) is 18.1 Å². The van der Waals surface area contributed by atoms with Crippen molar-refractivity contribution in [2.45, 2.75) is 33.0 Å². The van der Waals surface area contributed by atoms with Crippen LogP contribution in [-0.4, -0.2) is 48.7 Å². The molecule has 3 aromatic heterocycles. The highest BCUT2D eigenvalue weighted by molar-refractivity contribution is 5.41. The minimum absolute atomic E-state index is 0.0258. The zero-order valence-corrected chi connectivity index (χ0v) is 14.1. The van der Waals surface area contributed by atoms with Crippen LogP contribution in [0.4, 0.5) is 0 Å². The molecular formula is C17H22N6O. The van der Waals surface area contributed by atoms with Crippen molar-refractivity contribution < 1.29 is 4.74 Å². The first-order valence-corrected chi connectivity index (χ1v) is 8.39. The van der Waals surface area contributed by atoms with Gasteiger partial charge in [-0.3, -0.25) is 4.90 Å². The van der Waals surface area contributed by atoms with Gasteiger partial charge in [-0.1, -0.05) is 6.07 Å². The second-order valence-electron chi connectivity index (χ2n) is 6.25. The first-order chi connectivity index (χ1) is 11.7. The molecule has 0 spiro atoms. The SMILES string of the molecule is CCn1cnnc1C1CN(Cc2cnc3ccc(C)cn23)CCO1. The summed E-state index contributed by atoms with van der Waals surface area (Å²) in [6.07, 6.45) is 5.85. The van der Waals surface area contributed by atoms with Crippen LogP contribution in [0, 0.1) is 6.92 Å². The van der Waals surface area contributed by atoms with Crippen molar-refractivity contribution in [3.05, 3.63) is 47.9 Å². The number of aryl methyl sites for hydroxylation is 2. The molecule has 0 saturated carbocycles. The summed E-state index contributed by atoms with van der Waals surface area (Å²) in [5.74, 6) is 0.913. The van der Waals surface area contributed by atoms with E-state index in [2.05, 4.69) is 56.7 Å². The van der Waals surface area contributed by atoms with E-state index in [0.717, 1.165) is 37.7 Å². The molecule has 4 rings (SSSR count). The maximum absolute atomic E-state index is 5.93. The summed E-state index contributed by atoms with van der Waals surface area (Å²) in [4.78, 5) is 6.90. The van der Waals surface area contributed by atoms with Crippen LogP contribution in [0.2, 0.25) is 0 Å². The summed E-state index contributed by atoms with van der Waals surface area (Å²) in [7, 11) is 0. The topological polar surface area (TPSA) is 60.5 Å². The highest BCUT2D eigenvalue weighted by Gasteiger charge is 2.26. The van der Waals surface area contributed by atoms with Crippen molar-refractivity contribution in [3.8, 4) is 0 Å². The third-order valence-electron chi connectivity index (χ3n) is 4.54. The predicted molar refractivity (Wildman–Crippen MR) is 89.6 cm³/mol. The van der Waals surface area contributed by atoms with E-state index in [-0.39, 0.29) is 6.10 Å². The molecule has 3 aromatic rings. The van der Waals surface area contributed by atoms with Crippen molar-refractivity contribution >= 4 is 5.65 Å². The second-order valence-corrected chi connectivity index (χ2v) is 6.25. The van der Waals surface area contributed by atoms with Crippen molar-refractivity contribution in [3.63, 3.8) is 0 Å². The summed E-state index contributed by atoms with van der Waals surface area (Å²) >= 11 is 0. The van der Waals surface area contributed by atoms with Crippen LogP contribution in [0.25, 0.3) is 5.65 Å². The Morgan fingerprint density at radius 2 is 2.25 bits per heavy atom. The first kappa shape index (κ1) is 15.3. The van der Waals surface area contributed by atoms with Crippen LogP contribution in [0.3, 0.4) is 0 Å². The third kappa shape index (κ3) is 2.81. The van der Waals surface area contributed by atoms with E-state index in [1.54, 1.807) is 6.33 Å². The molecule has 0 N–H and O–H groups in total. The number of hydrogen-bond acceptors (Lipinski definition) is 5. The van der Waals surface area contributed by atoms with E-state index in [9.17, 15) is 0 Å². The Labute approximate surface area is 140 Å². The number of fused-ring (bicyclic) bond motifs is 1. The molecule has 1 atom stereocenters. The third-order valence-corrected chi connectivity index (χ3v) is 4.54. The highest BCUT2D eigenvalue weighted by atomic mass is 16.5. The highest BCUT2D eigenvalue weighted by Crippen LogP contribution is 2.22. The molecule has 7 heteroatoms. The van der Waals surface area contributed by atoms with E-state index in [1.807, 2.05) is 10.8 Å². The lowest BCUT2D eigenvalue weighted by atomic mass is 10.2. The van der Waals surface area contributed by atoms with Gasteiger partial charge in [-0.15, -0.1) is 10.2 Å². The molecule has 0 aliphatic carbocycles. The molecule has 0 amide bonds. The van der Waals surface area contributed by atoms with E-state index >= 15 is 0 Å². The zero-order valence-electron chi connectivity index (χ0n) is 14.1. The maximum atomic E-state index is 5.93. The molecule has 24 heavy (non-hydrogen) atoms. The Bertz CT molecular complexity index is 839. The summed E-state index contributed by atoms with van der Waals surface area (Å²) in [6, 6.07) is 4.15. The van der Waals surface area contributed by atoms with Gasteiger partial charge in [-0.05, 0) is 25.5 Å². The normalized spacial score (nSPS) is 19.2. The van der Waals surface area contributed by atoms with E-state index in [4.69, 9.17) is 4.74 Å². The lowest BCUT2D eigenvalue weighted by molar-refractivity contribution is -0.0392. The fourth-order valence-corrected chi connectivity index (χ4v) is 3.24. The van der Waals surface area contributed by atoms with Crippen LogP contribution >= 0.6 is 0 Å². The molecule has 1 saturated heterocycles. The molecule has 1 unspecified atom stereocenters. The average molecular weight is 326 g/mol. The average Bonchev–Trinajstić information content (AvgIpc) is 3.22. The first-order valence-electron chi connectivity index (χ1n) is 8.39. The number of imidazole rings is 1. The van der Waals surface area contributed by atoms with Gasteiger partial charge in [0.05, 0.1) is 18.5 Å². The van der Waals surface area contributed by atoms with Crippen molar-refractivity contribution in [1.82, 2.24) is 29.0 Å². The number of ether oxygens (including phenoxy) is 1. The number of aromatic nitrogens is 5. The molecule has 1 aliphatic rings. The molecule has 0 radical (unpaired) electrons. The molecule has 126 valence electrons. The number of hydrogen-bond donors (Lipinski definition) is 0. The Balaban J connectivity index is 1.53. The predicted octanol–water partition coefficient (Wildman–Crippen LogP) is 1.83. The molecule has 1 aliphatic heterocycles. The van der Waals surface area contributed by atoms with Crippen molar-refractivity contribution in [2.24, 2.45) is 0 Å². The van der Waals surface area contributed by atoms with Crippen LogP contribution in [0.15, 0.2) is 30.9 Å². The van der Waals surface area contributed by atoms with Gasteiger partial charge in [-0.2, -0.15) is 0 Å². The summed E-state index contributed by atoms with van der Waals surface area (Å²) in [6.45, 7) is 8.34. The minimum atomic E-state index is -0.0258. The van der Waals surface area contributed by atoms with Gasteiger partial charge >= 0.3 is 0 Å². The Morgan fingerprint density at radius 1 is 1.33 bits per heavy atom. The van der Waals surface area contributed by atoms with Gasteiger partial charge in [0.2, 0.25) is 0 Å². The van der Waals surface area contributed by atoms with Crippen LogP contribution in [-0.2, 0) is 17.8 Å². The fourth-order valence-electron chi connectivity index (χ4n) is 3.24. The summed E-state index contributed by atoms with van der Waals surface area (Å²) in [5, 5.41) is 8.27. The molecular weight excluding hydrogens is 304 g/mol. The van der Waals surface area contributed by atoms with E-state index in [0.29, 0.717) is 6.61 Å². The molecule has 0 aromatic carbocycles. The Kier molecular flexibility index (Phi) is 4.03. The van der Waals surface area contributed by atoms with Gasteiger partial charge in [-0.25, -0.2) is 4.98 Å². The zero-order chi connectivity index (χ0) is 16.5. The van der Waals surface area contributed by atoms with Gasteiger partial charge < -0.3 is 13.7 Å². The standard InChI is InChI=1S/C17H22N6O/c1-3-22-12-19-20-17(22)15-11-21(6-7-24-15)10-14-8-18-16-5-4-13(2)9-23(14)16/h4-5,8-9,12,15H,3,6-7,10-11H2,1-2H3. The Morgan fingerprint density at radius 3 is 3.12 bits per heavy atom. The van der Waals surface area contributed by atoms with E-state index < -0.39 is 0 Å². The largest absolute Gasteiger partial charge is 0.368 e. The summed E-state index contributed by atoms with van der Waals surface area (Å²) < 4.78 is 10.2. The lowest BCUT2D eigenvalue weighted by Crippen LogP contribution is -2.39. The van der Waals surface area contributed by atoms with Crippen LogP contribution in [0.1, 0.15) is 30.1 Å².